The van der Waals surface area contributed by atoms with Gasteiger partial charge in [0.25, 0.3) is 0 Å². The molecule has 0 aliphatic carbocycles. The molecular weight excluding hydrogens is 1410 g/mol. The maximum Gasteiger partial charge on any atom is 0.418 e. The Morgan fingerprint density at radius 1 is 0.485 bits per heavy atom. The number of hydrogen-bond acceptors (Lipinski definition) is 28. The fourth-order valence-corrected chi connectivity index (χ4v) is 12.9. The standard InChI is InChI=1S/C16H20N4O7S.C13H22N4O7S.C11H18N4O7S.C11H17N3O8S/c17-14(10-4-2-1-3-5-10)13(21)8-18-15(22)12-7-6-11-9-19(12)16(23)20(11)27-28(24,25)26;1-15(2)6-5-10(18)7-14-12(19)11-4-3-9-8-16(11)13(20)17(9)24-25(21,22)23;1-6(12)9(16)4-13-10(17)8-3-2-7-5-14(8)11(18)15(7)22-23(19,20)21;1-21-6-8(15)4-12-10(16)9-3-2-7-5-13(9)11(17)14(7)22-23(18,19)20/h1-5,11-12,14H,6-9,17H2,(H,18,22)(H,24,25,26);9,11H,3-8H2,1-2H3,(H,14,19)(H,21,22,23);6-8H,2-5,12H2,1H3,(H,13,17)(H,19,20,21);7,9H,2-6H2,1H3,(H,12,16)(H,18,19,20)/t11-,12+,14?;9-,11+;6?,7-,8+;7-,9+/m1111/s1. The summed E-state index contributed by atoms with van der Waals surface area (Å²) in [5.41, 5.74) is 11.9. The molecule has 0 aromatic heterocycles. The van der Waals surface area contributed by atoms with Gasteiger partial charge in [-0.3, -0.25) is 56.6 Å². The van der Waals surface area contributed by atoms with Gasteiger partial charge in [-0.05, 0) is 77.9 Å². The molecule has 0 radical (unpaired) electrons. The molecule has 1 aromatic carbocycles. The van der Waals surface area contributed by atoms with Crippen molar-refractivity contribution in [1.29, 1.82) is 0 Å². The molecule has 0 saturated carbocycles. The molecular formula is C51H77N15O29S4. The first-order valence-corrected chi connectivity index (χ1v) is 35.5. The Bertz CT molecular complexity index is 3690. The maximum atomic E-state index is 12.5. The van der Waals surface area contributed by atoms with E-state index in [9.17, 15) is 91.2 Å². The Morgan fingerprint density at radius 2 is 0.778 bits per heavy atom. The largest absolute Gasteiger partial charge is 0.418 e. The first-order valence-electron chi connectivity index (χ1n) is 30.0. The molecule has 8 aliphatic heterocycles. The maximum absolute atomic E-state index is 12.5. The van der Waals surface area contributed by atoms with Gasteiger partial charge in [-0.15, -0.1) is 17.1 Å². The molecule has 2 unspecified atom stereocenters. The summed E-state index contributed by atoms with van der Waals surface area (Å²) >= 11 is 0. The first kappa shape index (κ1) is 80.2. The van der Waals surface area contributed by atoms with E-state index >= 15 is 0 Å². The number of hydroxylamine groups is 8. The zero-order valence-electron chi connectivity index (χ0n) is 53.4. The zero-order valence-corrected chi connectivity index (χ0v) is 56.7. The highest BCUT2D eigenvalue weighted by atomic mass is 32.3. The predicted octanol–water partition coefficient (Wildman–Crippen LogP) is -5.66. The third-order valence-electron chi connectivity index (χ3n) is 16.1. The lowest BCUT2D eigenvalue weighted by molar-refractivity contribution is -0.129. The number of benzene rings is 1. The highest BCUT2D eigenvalue weighted by Crippen LogP contribution is 2.34. The molecule has 0 spiro atoms. The molecule has 10 atom stereocenters. The number of piperidine rings is 4. The number of carbonyl (C=O) groups excluding carboxylic acids is 12. The molecule has 48 heteroatoms. The van der Waals surface area contributed by atoms with Crippen LogP contribution in [0.15, 0.2) is 30.3 Å². The molecule has 8 bridgehead atoms. The molecule has 8 heterocycles. The Kier molecular flexibility index (Phi) is 27.6. The van der Waals surface area contributed by atoms with E-state index in [0.29, 0.717) is 70.9 Å². The number of ketones is 4. The second-order valence-corrected chi connectivity index (χ2v) is 27.6. The van der Waals surface area contributed by atoms with E-state index in [0.717, 1.165) is 14.7 Å². The van der Waals surface area contributed by atoms with Gasteiger partial charge in [-0.25, -0.2) is 19.2 Å². The molecule has 8 aliphatic rings. The van der Waals surface area contributed by atoms with E-state index in [4.69, 9.17) is 29.7 Å². The lowest BCUT2D eigenvalue weighted by atomic mass is 10.00. The molecule has 44 nitrogen and oxygen atoms in total. The van der Waals surface area contributed by atoms with Crippen LogP contribution in [0.25, 0.3) is 0 Å². The number of nitrogens with zero attached hydrogens (tertiary/aromatic N) is 9. The van der Waals surface area contributed by atoms with Crippen LogP contribution < -0.4 is 32.7 Å². The Morgan fingerprint density at radius 3 is 1.06 bits per heavy atom. The summed E-state index contributed by atoms with van der Waals surface area (Å²) in [6.45, 7) is 1.41. The number of nitrogens with two attached hydrogens (primary N) is 2. The number of urea groups is 4. The average Bonchev–Trinajstić information content (AvgIpc) is 1.66. The molecule has 8 fully saturated rings. The van der Waals surface area contributed by atoms with Gasteiger partial charge in [0, 0.05) is 46.3 Å². The van der Waals surface area contributed by atoms with Crippen molar-refractivity contribution in [2.24, 2.45) is 11.5 Å². The van der Waals surface area contributed by atoms with E-state index in [1.807, 2.05) is 19.0 Å². The Balaban J connectivity index is 0.000000209. The summed E-state index contributed by atoms with van der Waals surface area (Å²) in [7, 11) is -14.3. The van der Waals surface area contributed by atoms with Crippen molar-refractivity contribution >= 4 is 112 Å². The van der Waals surface area contributed by atoms with Crippen LogP contribution in [0.5, 0.6) is 0 Å². The van der Waals surface area contributed by atoms with Gasteiger partial charge in [0.05, 0.1) is 62.4 Å². The van der Waals surface area contributed by atoms with Crippen LogP contribution in [-0.2, 0) is 102 Å². The second-order valence-electron chi connectivity index (χ2n) is 23.6. The van der Waals surface area contributed by atoms with Crippen molar-refractivity contribution in [3.63, 3.8) is 0 Å². The van der Waals surface area contributed by atoms with Crippen LogP contribution >= 0.6 is 0 Å². The van der Waals surface area contributed by atoms with Crippen molar-refractivity contribution in [1.82, 2.24) is 66.0 Å². The first-order chi connectivity index (χ1) is 46.1. The van der Waals surface area contributed by atoms with Gasteiger partial charge >= 0.3 is 65.7 Å². The summed E-state index contributed by atoms with van der Waals surface area (Å²) in [5, 5.41) is 12.1. The van der Waals surface area contributed by atoms with Gasteiger partial charge in [0.1, 0.15) is 30.8 Å². The van der Waals surface area contributed by atoms with Crippen LogP contribution in [-0.4, -0.2) is 309 Å². The molecule has 9 rings (SSSR count). The fourth-order valence-electron chi connectivity index (χ4n) is 11.4. The van der Waals surface area contributed by atoms with E-state index in [1.54, 1.807) is 30.3 Å². The molecule has 12 N–H and O–H groups in total. The summed E-state index contributed by atoms with van der Waals surface area (Å²) in [6.07, 6.45) is 2.70. The van der Waals surface area contributed by atoms with Gasteiger partial charge in [-0.2, -0.15) is 53.9 Å². The van der Waals surface area contributed by atoms with Crippen molar-refractivity contribution in [3.8, 4) is 0 Å². The van der Waals surface area contributed by atoms with Crippen molar-refractivity contribution in [3.05, 3.63) is 35.9 Å². The fraction of sp³-hybridized carbons (Fsp3) is 0.647. The van der Waals surface area contributed by atoms with Crippen LogP contribution in [0.3, 0.4) is 0 Å². The average molecular weight is 1490 g/mol. The zero-order chi connectivity index (χ0) is 73.8. The van der Waals surface area contributed by atoms with Crippen LogP contribution in [0.4, 0.5) is 19.2 Å². The number of carbonyl (C=O) groups is 12. The normalized spacial score (nSPS) is 23.8. The minimum Gasteiger partial charge on any atom is -0.377 e. The minimum absolute atomic E-state index is 0.0733. The number of nitrogens with one attached hydrogen (secondary N) is 4. The van der Waals surface area contributed by atoms with Gasteiger partial charge in [0.15, 0.2) is 23.1 Å². The van der Waals surface area contributed by atoms with E-state index in [2.05, 4.69) is 43.1 Å². The number of Topliss-reactive ketones (excluding diaryl/α,β-unsaturated/α-hetero) is 4. The lowest BCUT2D eigenvalue weighted by Crippen LogP contribution is -2.51. The van der Waals surface area contributed by atoms with Crippen LogP contribution in [0.2, 0.25) is 0 Å². The van der Waals surface area contributed by atoms with Crippen molar-refractivity contribution in [2.45, 2.75) is 125 Å². The number of hydrogen-bond donors (Lipinski definition) is 10. The second kappa shape index (κ2) is 34.0. The molecule has 554 valence electrons. The summed E-state index contributed by atoms with van der Waals surface area (Å²) in [5.74, 6) is -3.26. The summed E-state index contributed by atoms with van der Waals surface area (Å²) in [4.78, 5) is 151. The Hall–Kier alpha value is -7.82. The monoisotopic (exact) mass is 1490 g/mol. The third-order valence-corrected chi connectivity index (χ3v) is 17.5. The summed E-state index contributed by atoms with van der Waals surface area (Å²) in [6, 6.07) is -1.82. The number of methoxy groups -OCH3 is 1. The van der Waals surface area contributed by atoms with E-state index in [1.165, 1.54) is 18.9 Å². The van der Waals surface area contributed by atoms with Gasteiger partial charge < -0.3 is 62.0 Å². The molecule has 99 heavy (non-hydrogen) atoms. The molecule has 8 saturated heterocycles. The van der Waals surface area contributed by atoms with Gasteiger partial charge in [0.2, 0.25) is 23.6 Å². The smallest absolute Gasteiger partial charge is 0.377 e. The summed E-state index contributed by atoms with van der Waals surface area (Å²) < 4.78 is 143. The SMILES string of the molecule is CC(N)C(=O)CNC(=O)[C@@H]1CC[C@@H]2CN1C(=O)N2OS(=O)(=O)O.CN(C)CCC(=O)CNC(=O)[C@@H]1CC[C@@H]2CN1C(=O)N2OS(=O)(=O)O.COCC(=O)CNC(=O)[C@@H]1CC[C@@H]2CN1C(=O)N2OS(=O)(=O)O.NC(C(=O)CNC(=O)[C@@H]1CC[C@@H]2CN1C(=O)N2OS(=O)(=O)O)c1ccccc1. The van der Waals surface area contributed by atoms with Crippen LogP contribution in [0, 0.1) is 0 Å². The van der Waals surface area contributed by atoms with Gasteiger partial charge in [-0.1, -0.05) is 30.3 Å². The predicted molar refractivity (Wildman–Crippen MR) is 328 cm³/mol. The number of rotatable bonds is 28. The third kappa shape index (κ3) is 22.6. The number of ether oxygens (including phenoxy) is 1. The topological polar surface area (TPSA) is 598 Å². The lowest BCUT2D eigenvalue weighted by Gasteiger charge is -2.29. The van der Waals surface area contributed by atoms with Crippen molar-refractivity contribution in [2.75, 3.05) is 86.7 Å². The highest BCUT2D eigenvalue weighted by molar-refractivity contribution is 7.81. The Labute approximate surface area is 566 Å². The van der Waals surface area contributed by atoms with Crippen LogP contribution in [0.1, 0.15) is 76.3 Å². The number of fused-ring (bicyclic) bond motifs is 8. The highest BCUT2D eigenvalue weighted by Gasteiger charge is 2.53. The van der Waals surface area contributed by atoms with E-state index in [-0.39, 0.29) is 95.6 Å². The number of amides is 12. The van der Waals surface area contributed by atoms with E-state index < -0.39 is 156 Å². The quantitative estimate of drug-likeness (QED) is 0.0350. The van der Waals surface area contributed by atoms with Crippen molar-refractivity contribution < 1.29 is 131 Å². The molecule has 12 amide bonds. The molecule has 1 aromatic rings. The minimum atomic E-state index is -4.85.